The zero-order valence-electron chi connectivity index (χ0n) is 12.8. The van der Waals surface area contributed by atoms with E-state index in [9.17, 15) is 8.78 Å². The number of hydrogen-bond donors (Lipinski definition) is 0. The van der Waals surface area contributed by atoms with Crippen molar-refractivity contribution in [3.63, 3.8) is 0 Å². The maximum Gasteiger partial charge on any atom is 0.187 e. The van der Waals surface area contributed by atoms with Crippen LogP contribution >= 0.6 is 0 Å². The Morgan fingerprint density at radius 1 is 1.13 bits per heavy atom. The van der Waals surface area contributed by atoms with Crippen LogP contribution in [0, 0.1) is 11.6 Å². The number of piperazine rings is 1. The van der Waals surface area contributed by atoms with Gasteiger partial charge in [-0.05, 0) is 25.0 Å². The molecule has 3 fully saturated rings. The predicted octanol–water partition coefficient (Wildman–Crippen LogP) is 2.18. The van der Waals surface area contributed by atoms with Gasteiger partial charge in [0.15, 0.2) is 23.3 Å². The largest absolute Gasteiger partial charge is 0.350 e. The van der Waals surface area contributed by atoms with E-state index in [1.165, 1.54) is 12.4 Å². The van der Waals surface area contributed by atoms with Crippen molar-refractivity contribution >= 4 is 11.6 Å². The first-order chi connectivity index (χ1) is 11.2. The summed E-state index contributed by atoms with van der Waals surface area (Å²) in [6.07, 6.45) is 4.52. The normalized spacial score (nSPS) is 22.9. The van der Waals surface area contributed by atoms with Gasteiger partial charge in [-0.25, -0.2) is 23.7 Å². The first-order valence-corrected chi connectivity index (χ1v) is 7.82. The summed E-state index contributed by atoms with van der Waals surface area (Å²) in [6.45, 7) is 3.10. The van der Waals surface area contributed by atoms with Crippen LogP contribution in [0.2, 0.25) is 0 Å². The molecule has 3 aliphatic rings. The molecule has 2 unspecified atom stereocenters. The van der Waals surface area contributed by atoms with Crippen LogP contribution in [0.1, 0.15) is 19.0 Å². The topological polar surface area (TPSA) is 45.2 Å². The van der Waals surface area contributed by atoms with Crippen LogP contribution in [0.15, 0.2) is 24.7 Å². The molecule has 0 aliphatic carbocycles. The quantitative estimate of drug-likeness (QED) is 0.868. The third kappa shape index (κ3) is 2.22. The zero-order valence-corrected chi connectivity index (χ0v) is 12.8. The molecule has 120 valence electrons. The molecule has 2 aromatic rings. The minimum Gasteiger partial charge on any atom is -0.350 e. The lowest BCUT2D eigenvalue weighted by molar-refractivity contribution is 0.282. The summed E-state index contributed by atoms with van der Waals surface area (Å²) in [5.41, 5.74) is 0.432. The van der Waals surface area contributed by atoms with Crippen LogP contribution in [0.3, 0.4) is 0 Å². The Labute approximate surface area is 133 Å². The van der Waals surface area contributed by atoms with E-state index in [1.807, 2.05) is 16.7 Å². The molecule has 23 heavy (non-hydrogen) atoms. The minimum atomic E-state index is -0.341. The number of halogens is 2. The van der Waals surface area contributed by atoms with E-state index in [4.69, 9.17) is 0 Å². The Kier molecular flexibility index (Phi) is 3.36. The second-order valence-corrected chi connectivity index (χ2v) is 5.98. The fourth-order valence-corrected chi connectivity index (χ4v) is 3.56. The van der Waals surface area contributed by atoms with Crippen molar-refractivity contribution in [2.24, 2.45) is 0 Å². The molecule has 2 atom stereocenters. The number of rotatable bonds is 3. The van der Waals surface area contributed by atoms with Crippen molar-refractivity contribution in [1.29, 1.82) is 0 Å². The highest BCUT2D eigenvalue weighted by Gasteiger charge is 2.47. The van der Waals surface area contributed by atoms with Crippen LogP contribution in [0.25, 0.3) is 0 Å². The fourth-order valence-electron chi connectivity index (χ4n) is 3.56. The molecular weight excluding hydrogens is 300 g/mol. The number of anilines is 2. The molecule has 5 nitrogen and oxygen atoms in total. The highest BCUT2D eigenvalue weighted by Crippen LogP contribution is 2.38. The molecule has 0 N–H and O–H groups in total. The lowest BCUT2D eigenvalue weighted by Gasteiger charge is -2.57. The van der Waals surface area contributed by atoms with E-state index in [2.05, 4.69) is 15.0 Å². The van der Waals surface area contributed by atoms with E-state index in [0.29, 0.717) is 36.8 Å². The summed E-state index contributed by atoms with van der Waals surface area (Å²) in [4.78, 5) is 16.2. The molecule has 0 radical (unpaired) electrons. The number of aromatic nitrogens is 3. The van der Waals surface area contributed by atoms with E-state index < -0.39 is 0 Å². The summed E-state index contributed by atoms with van der Waals surface area (Å²) < 4.78 is 28.4. The lowest BCUT2D eigenvalue weighted by Crippen LogP contribution is -2.69. The number of hydrogen-bond acceptors (Lipinski definition) is 5. The monoisotopic (exact) mass is 317 g/mol. The molecule has 5 rings (SSSR count). The maximum atomic E-state index is 14.4. The second-order valence-electron chi connectivity index (χ2n) is 5.98. The Balaban J connectivity index is 1.57. The Hall–Kier alpha value is -2.31. The first-order valence-electron chi connectivity index (χ1n) is 7.82. The van der Waals surface area contributed by atoms with E-state index in [1.54, 1.807) is 12.3 Å². The Morgan fingerprint density at radius 3 is 2.61 bits per heavy atom. The Bertz CT molecular complexity index is 726. The number of aryl methyl sites for hydroxylation is 1. The van der Waals surface area contributed by atoms with Crippen molar-refractivity contribution in [2.45, 2.75) is 31.8 Å². The molecule has 0 saturated carbocycles. The van der Waals surface area contributed by atoms with Gasteiger partial charge in [0.1, 0.15) is 6.33 Å². The first kappa shape index (κ1) is 14.3. The average Bonchev–Trinajstić information content (AvgIpc) is 2.57. The molecule has 2 aromatic heterocycles. The van der Waals surface area contributed by atoms with Crippen LogP contribution < -0.4 is 9.80 Å². The van der Waals surface area contributed by atoms with E-state index in [-0.39, 0.29) is 23.7 Å². The van der Waals surface area contributed by atoms with Gasteiger partial charge in [-0.3, -0.25) is 0 Å². The Morgan fingerprint density at radius 2 is 1.91 bits per heavy atom. The number of fused-ring (bicyclic) bond motifs is 2. The van der Waals surface area contributed by atoms with Gasteiger partial charge in [-0.15, -0.1) is 0 Å². The third-order valence-electron chi connectivity index (χ3n) is 4.65. The summed E-state index contributed by atoms with van der Waals surface area (Å²) in [7, 11) is 0. The van der Waals surface area contributed by atoms with Gasteiger partial charge in [0.05, 0.1) is 17.8 Å². The van der Waals surface area contributed by atoms with E-state index in [0.717, 1.165) is 6.42 Å². The standard InChI is InChI=1S/C16H17F2N5/c1-2-13-14(18)16(21-9-20-13)22-7-10-6-11(8-22)23(10)15-12(17)4-3-5-19-15/h3-5,9-11H,2,6-8H2,1H3. The summed E-state index contributed by atoms with van der Waals surface area (Å²) in [5.74, 6) is 0.0995. The van der Waals surface area contributed by atoms with Gasteiger partial charge in [-0.2, -0.15) is 0 Å². The van der Waals surface area contributed by atoms with Crippen molar-refractivity contribution in [2.75, 3.05) is 22.9 Å². The van der Waals surface area contributed by atoms with Crippen molar-refractivity contribution in [3.05, 3.63) is 42.0 Å². The maximum absolute atomic E-state index is 14.4. The minimum absolute atomic E-state index is 0.137. The fraction of sp³-hybridized carbons (Fsp3) is 0.438. The smallest absolute Gasteiger partial charge is 0.187 e. The summed E-state index contributed by atoms with van der Waals surface area (Å²) >= 11 is 0. The van der Waals surface area contributed by atoms with Crippen LogP contribution in [0.5, 0.6) is 0 Å². The molecular formula is C16H17F2N5. The van der Waals surface area contributed by atoms with Crippen LogP contribution in [-0.2, 0) is 6.42 Å². The summed E-state index contributed by atoms with van der Waals surface area (Å²) in [5, 5.41) is 0. The van der Waals surface area contributed by atoms with Gasteiger partial charge >= 0.3 is 0 Å². The highest BCUT2D eigenvalue weighted by molar-refractivity contribution is 5.53. The van der Waals surface area contributed by atoms with Gasteiger partial charge in [-0.1, -0.05) is 6.92 Å². The highest BCUT2D eigenvalue weighted by atomic mass is 19.1. The predicted molar refractivity (Wildman–Crippen MR) is 82.4 cm³/mol. The van der Waals surface area contributed by atoms with Crippen molar-refractivity contribution in [1.82, 2.24) is 15.0 Å². The molecule has 2 bridgehead atoms. The van der Waals surface area contributed by atoms with Crippen LogP contribution in [-0.4, -0.2) is 40.1 Å². The molecule has 3 aliphatic heterocycles. The molecule has 0 amide bonds. The van der Waals surface area contributed by atoms with Crippen molar-refractivity contribution in [3.8, 4) is 0 Å². The molecule has 0 aromatic carbocycles. The van der Waals surface area contributed by atoms with Crippen molar-refractivity contribution < 1.29 is 8.78 Å². The lowest BCUT2D eigenvalue weighted by atomic mass is 9.87. The molecule has 5 heterocycles. The van der Waals surface area contributed by atoms with Gasteiger partial charge in [0.2, 0.25) is 0 Å². The van der Waals surface area contributed by atoms with E-state index >= 15 is 0 Å². The molecule has 7 heteroatoms. The number of piperidine rings is 1. The van der Waals surface area contributed by atoms with Gasteiger partial charge in [0, 0.05) is 19.3 Å². The second kappa shape index (κ2) is 5.40. The molecule has 3 saturated heterocycles. The zero-order chi connectivity index (χ0) is 16.0. The van der Waals surface area contributed by atoms with Gasteiger partial charge in [0.25, 0.3) is 0 Å². The number of pyridine rings is 1. The van der Waals surface area contributed by atoms with Gasteiger partial charge < -0.3 is 9.80 Å². The van der Waals surface area contributed by atoms with Crippen LogP contribution in [0.4, 0.5) is 20.4 Å². The average molecular weight is 317 g/mol. The SMILES string of the molecule is CCc1ncnc(N2CC3CC(C2)N3c2ncccc2F)c1F. The molecule has 0 spiro atoms. The number of nitrogens with zero attached hydrogens (tertiary/aromatic N) is 5. The summed E-state index contributed by atoms with van der Waals surface area (Å²) in [6, 6.07) is 3.28. The third-order valence-corrected chi connectivity index (χ3v) is 4.65.